The van der Waals surface area contributed by atoms with Crippen LogP contribution in [0, 0.1) is 12.8 Å². The van der Waals surface area contributed by atoms with Crippen LogP contribution < -0.4 is 5.56 Å². The molecule has 0 unspecified atom stereocenters. The maximum atomic E-state index is 13.2. The molecule has 0 bridgehead atoms. The summed E-state index contributed by atoms with van der Waals surface area (Å²) in [6.07, 6.45) is 1.70. The Morgan fingerprint density at radius 1 is 1.03 bits per heavy atom. The van der Waals surface area contributed by atoms with E-state index in [-0.39, 0.29) is 5.56 Å². The first-order chi connectivity index (χ1) is 16.5. The predicted octanol–water partition coefficient (Wildman–Crippen LogP) is 5.00. The lowest BCUT2D eigenvalue weighted by atomic mass is 10.1. The van der Waals surface area contributed by atoms with Gasteiger partial charge in [0.15, 0.2) is 5.16 Å². The van der Waals surface area contributed by atoms with Gasteiger partial charge >= 0.3 is 0 Å². The lowest BCUT2D eigenvalue weighted by molar-refractivity contribution is 0.512. The summed E-state index contributed by atoms with van der Waals surface area (Å²) in [6, 6.07) is 18.1. The van der Waals surface area contributed by atoms with Crippen LogP contribution in [0.2, 0.25) is 0 Å². The largest absolute Gasteiger partial charge is 0.337 e. The van der Waals surface area contributed by atoms with Crippen molar-refractivity contribution in [1.82, 2.24) is 29.1 Å². The summed E-state index contributed by atoms with van der Waals surface area (Å²) in [7, 11) is 0. The van der Waals surface area contributed by atoms with E-state index in [0.717, 1.165) is 40.7 Å². The van der Waals surface area contributed by atoms with E-state index in [0.29, 0.717) is 29.4 Å². The molecule has 2 aromatic carbocycles. The summed E-state index contributed by atoms with van der Waals surface area (Å²) in [5.74, 6) is 2.47. The van der Waals surface area contributed by atoms with Crippen molar-refractivity contribution in [1.29, 1.82) is 0 Å². The number of benzene rings is 2. The molecule has 34 heavy (non-hydrogen) atoms. The normalized spacial score (nSPS) is 11.8. The molecule has 7 nitrogen and oxygen atoms in total. The van der Waals surface area contributed by atoms with Crippen molar-refractivity contribution in [2.45, 2.75) is 51.1 Å². The Kier molecular flexibility index (Phi) is 6.24. The number of nitrogens with one attached hydrogen (secondary N) is 1. The number of aromatic nitrogens is 6. The van der Waals surface area contributed by atoms with Gasteiger partial charge in [-0.2, -0.15) is 0 Å². The van der Waals surface area contributed by atoms with E-state index < -0.39 is 0 Å². The Bertz CT molecular complexity index is 1500. The smallest absolute Gasteiger partial charge is 0.262 e. The standard InChI is InChI=1S/C26H28N6OS/c1-17(2)13-14-31-24(33)20-11-7-8-12-22(20)32-23(29-30-26(31)32)16-34-25-27-18(3)21(28-25)15-19-9-5-4-6-10-19/h4-12,17H,13-16H2,1-3H3,(H,27,28). The van der Waals surface area contributed by atoms with Crippen LogP contribution in [0.25, 0.3) is 16.7 Å². The molecule has 0 aliphatic carbocycles. The van der Waals surface area contributed by atoms with Crippen LogP contribution in [0.4, 0.5) is 0 Å². The molecule has 0 fully saturated rings. The lowest BCUT2D eigenvalue weighted by Gasteiger charge is -2.12. The number of hydrogen-bond donors (Lipinski definition) is 1. The first kappa shape index (κ1) is 22.4. The first-order valence-corrected chi connectivity index (χ1v) is 12.6. The summed E-state index contributed by atoms with van der Waals surface area (Å²) >= 11 is 1.60. The number of fused-ring (bicyclic) bond motifs is 3. The number of rotatable bonds is 8. The number of nitrogens with zero attached hydrogens (tertiary/aromatic N) is 5. The molecule has 0 saturated heterocycles. The van der Waals surface area contributed by atoms with Gasteiger partial charge in [-0.3, -0.25) is 13.8 Å². The number of imidazole rings is 1. The molecule has 174 valence electrons. The molecule has 0 spiro atoms. The molecule has 0 atom stereocenters. The lowest BCUT2D eigenvalue weighted by Crippen LogP contribution is -2.24. The van der Waals surface area contributed by atoms with E-state index in [1.165, 1.54) is 5.56 Å². The molecule has 0 aliphatic heterocycles. The van der Waals surface area contributed by atoms with Crippen LogP contribution in [-0.2, 0) is 18.7 Å². The molecular weight excluding hydrogens is 444 g/mol. The molecule has 8 heteroatoms. The molecular formula is C26H28N6OS. The van der Waals surface area contributed by atoms with E-state index in [1.54, 1.807) is 16.3 Å². The molecule has 0 radical (unpaired) electrons. The van der Waals surface area contributed by atoms with Crippen molar-refractivity contribution in [2.75, 3.05) is 0 Å². The predicted molar refractivity (Wildman–Crippen MR) is 136 cm³/mol. The van der Waals surface area contributed by atoms with Crippen molar-refractivity contribution in [3.63, 3.8) is 0 Å². The van der Waals surface area contributed by atoms with Crippen molar-refractivity contribution in [2.24, 2.45) is 5.92 Å². The molecule has 3 heterocycles. The summed E-state index contributed by atoms with van der Waals surface area (Å²) in [5.41, 5.74) is 4.19. The van der Waals surface area contributed by atoms with E-state index in [1.807, 2.05) is 34.7 Å². The summed E-state index contributed by atoms with van der Waals surface area (Å²) in [6.45, 7) is 7.00. The highest BCUT2D eigenvalue weighted by Gasteiger charge is 2.17. The third-order valence-corrected chi connectivity index (χ3v) is 6.89. The number of hydrogen-bond acceptors (Lipinski definition) is 5. The topological polar surface area (TPSA) is 80.9 Å². The fourth-order valence-electron chi connectivity index (χ4n) is 4.13. The highest BCUT2D eigenvalue weighted by Crippen LogP contribution is 2.24. The maximum absolute atomic E-state index is 13.2. The Morgan fingerprint density at radius 3 is 2.59 bits per heavy atom. The molecule has 5 rings (SSSR count). The second kappa shape index (κ2) is 9.46. The highest BCUT2D eigenvalue weighted by atomic mass is 32.2. The quantitative estimate of drug-likeness (QED) is 0.321. The van der Waals surface area contributed by atoms with Gasteiger partial charge in [-0.25, -0.2) is 4.98 Å². The monoisotopic (exact) mass is 472 g/mol. The van der Waals surface area contributed by atoms with Gasteiger partial charge < -0.3 is 4.98 Å². The third kappa shape index (κ3) is 4.37. The van der Waals surface area contributed by atoms with Crippen LogP contribution in [0.5, 0.6) is 0 Å². The van der Waals surface area contributed by atoms with Crippen molar-refractivity contribution in [3.8, 4) is 0 Å². The van der Waals surface area contributed by atoms with Crippen LogP contribution in [-0.4, -0.2) is 29.1 Å². The minimum atomic E-state index is -0.0115. The fraction of sp³-hybridized carbons (Fsp3) is 0.308. The third-order valence-electron chi connectivity index (χ3n) is 6.02. The average molecular weight is 473 g/mol. The molecule has 0 aliphatic rings. The second-order valence-corrected chi connectivity index (χ2v) is 9.94. The number of H-pyrrole nitrogens is 1. The number of aryl methyl sites for hydroxylation is 2. The Morgan fingerprint density at radius 2 is 1.79 bits per heavy atom. The fourth-order valence-corrected chi connectivity index (χ4v) is 4.98. The Hall–Kier alpha value is -3.39. The maximum Gasteiger partial charge on any atom is 0.262 e. The summed E-state index contributed by atoms with van der Waals surface area (Å²) < 4.78 is 3.78. The molecule has 5 aromatic rings. The van der Waals surface area contributed by atoms with Gasteiger partial charge in [-0.1, -0.05) is 68.1 Å². The number of aromatic amines is 1. The van der Waals surface area contributed by atoms with Crippen LogP contribution in [0.3, 0.4) is 0 Å². The van der Waals surface area contributed by atoms with Gasteiger partial charge in [0.1, 0.15) is 5.82 Å². The SMILES string of the molecule is Cc1[nH]c(SCc2nnc3n(CCC(C)C)c(=O)c4ccccc4n23)nc1Cc1ccccc1. The zero-order valence-electron chi connectivity index (χ0n) is 19.7. The number of thioether (sulfide) groups is 1. The average Bonchev–Trinajstić information content (AvgIpc) is 3.41. The molecule has 0 amide bonds. The summed E-state index contributed by atoms with van der Waals surface area (Å²) in [4.78, 5) is 21.4. The van der Waals surface area contributed by atoms with Gasteiger partial charge in [0.05, 0.1) is 22.3 Å². The van der Waals surface area contributed by atoms with E-state index in [2.05, 4.69) is 60.2 Å². The molecule has 1 N–H and O–H groups in total. The van der Waals surface area contributed by atoms with Crippen LogP contribution in [0.15, 0.2) is 64.5 Å². The van der Waals surface area contributed by atoms with E-state index >= 15 is 0 Å². The summed E-state index contributed by atoms with van der Waals surface area (Å²) in [5, 5.41) is 10.5. The van der Waals surface area contributed by atoms with Gasteiger partial charge in [0, 0.05) is 18.7 Å². The molecule has 3 aromatic heterocycles. The van der Waals surface area contributed by atoms with Crippen LogP contribution >= 0.6 is 11.8 Å². The highest BCUT2D eigenvalue weighted by molar-refractivity contribution is 7.98. The minimum Gasteiger partial charge on any atom is -0.337 e. The second-order valence-electron chi connectivity index (χ2n) is 8.97. The van der Waals surface area contributed by atoms with Crippen molar-refractivity contribution < 1.29 is 0 Å². The van der Waals surface area contributed by atoms with Gasteiger partial charge in [0.2, 0.25) is 5.78 Å². The van der Waals surface area contributed by atoms with Gasteiger partial charge in [0.25, 0.3) is 5.56 Å². The van der Waals surface area contributed by atoms with E-state index in [4.69, 9.17) is 4.98 Å². The van der Waals surface area contributed by atoms with Crippen molar-refractivity contribution >= 4 is 28.4 Å². The van der Waals surface area contributed by atoms with Gasteiger partial charge in [-0.05, 0) is 37.0 Å². The zero-order valence-corrected chi connectivity index (χ0v) is 20.5. The van der Waals surface area contributed by atoms with Crippen molar-refractivity contribution in [3.05, 3.63) is 87.7 Å². The number of para-hydroxylation sites is 1. The Labute approximate surface area is 202 Å². The Balaban J connectivity index is 1.46. The first-order valence-electron chi connectivity index (χ1n) is 11.6. The van der Waals surface area contributed by atoms with Gasteiger partial charge in [-0.15, -0.1) is 10.2 Å². The zero-order chi connectivity index (χ0) is 23.7. The van der Waals surface area contributed by atoms with E-state index in [9.17, 15) is 4.79 Å². The minimum absolute atomic E-state index is 0.0115. The van der Waals surface area contributed by atoms with Crippen LogP contribution in [0.1, 0.15) is 43.0 Å². The molecule has 0 saturated carbocycles.